The molecule has 0 spiro atoms. The number of sulfonamides is 1. The maximum atomic E-state index is 11.8. The molecule has 7 heteroatoms. The van der Waals surface area contributed by atoms with Gasteiger partial charge in [-0.2, -0.15) is 4.72 Å². The zero-order valence-electron chi connectivity index (χ0n) is 10.3. The van der Waals surface area contributed by atoms with Crippen molar-refractivity contribution >= 4 is 18.1 Å². The Morgan fingerprint density at radius 3 is 2.44 bits per heavy atom. The lowest BCUT2D eigenvalue weighted by Gasteiger charge is -2.15. The summed E-state index contributed by atoms with van der Waals surface area (Å²) in [4.78, 5) is 0. The molecular weight excluding hydrogens is 249 g/mol. The third kappa shape index (κ3) is 10.5. The summed E-state index contributed by atoms with van der Waals surface area (Å²) in [5.41, 5.74) is 0. The fourth-order valence-electron chi connectivity index (χ4n) is 0.899. The lowest BCUT2D eigenvalue weighted by molar-refractivity contribution is 0.143. The Bertz CT molecular complexity index is 277. The Hall–Kier alpha value is 0.0169. The van der Waals surface area contributed by atoms with Crippen LogP contribution in [0.15, 0.2) is 0 Å². The maximum Gasteiger partial charge on any atom is 0.213 e. The molecule has 1 N–H and O–H groups in total. The summed E-state index contributed by atoms with van der Waals surface area (Å²) >= 11 is 0. The van der Waals surface area contributed by atoms with Gasteiger partial charge in [-0.25, -0.2) is 8.42 Å². The van der Waals surface area contributed by atoms with Crippen LogP contribution in [0.1, 0.15) is 6.42 Å². The monoisotopic (exact) mass is 271 g/mol. The molecule has 0 aliphatic heterocycles. The summed E-state index contributed by atoms with van der Waals surface area (Å²) in [6.07, 6.45) is 0.0320. The molecule has 0 aromatic rings. The first kappa shape index (κ1) is 16.0. The number of halogens is 1. The lowest BCUT2D eigenvalue weighted by atomic mass is 10.6. The highest BCUT2D eigenvalue weighted by atomic mass is 32.2. The number of rotatable bonds is 9. The third-order valence-electron chi connectivity index (χ3n) is 1.92. The van der Waals surface area contributed by atoms with Crippen molar-refractivity contribution in [1.82, 2.24) is 4.72 Å². The Labute approximate surface area is 98.6 Å². The SMILES string of the molecule is C[Si](C)(C)CCOCNS(=O)(=O)CCCF. The zero-order chi connectivity index (χ0) is 12.7. The van der Waals surface area contributed by atoms with Crippen LogP contribution in [0.2, 0.25) is 25.7 Å². The van der Waals surface area contributed by atoms with Crippen molar-refractivity contribution in [3.63, 3.8) is 0 Å². The lowest BCUT2D eigenvalue weighted by Crippen LogP contribution is -2.30. The van der Waals surface area contributed by atoms with Gasteiger partial charge in [-0.1, -0.05) is 19.6 Å². The summed E-state index contributed by atoms with van der Waals surface area (Å²) in [7, 11) is -4.49. The number of nitrogens with one attached hydrogen (secondary N) is 1. The molecule has 4 nitrogen and oxygen atoms in total. The zero-order valence-corrected chi connectivity index (χ0v) is 12.1. The largest absolute Gasteiger partial charge is 0.366 e. The molecule has 0 saturated heterocycles. The van der Waals surface area contributed by atoms with Gasteiger partial charge in [0.1, 0.15) is 6.73 Å². The van der Waals surface area contributed by atoms with Gasteiger partial charge >= 0.3 is 0 Å². The van der Waals surface area contributed by atoms with Gasteiger partial charge in [-0.05, 0) is 12.5 Å². The maximum absolute atomic E-state index is 11.8. The van der Waals surface area contributed by atoms with Gasteiger partial charge in [0, 0.05) is 14.7 Å². The second-order valence-electron chi connectivity index (χ2n) is 4.87. The molecule has 0 heterocycles. The molecule has 0 fully saturated rings. The molecule has 0 atom stereocenters. The van der Waals surface area contributed by atoms with Crippen molar-refractivity contribution < 1.29 is 17.5 Å². The molecule has 0 radical (unpaired) electrons. The van der Waals surface area contributed by atoms with Crippen LogP contribution in [0.3, 0.4) is 0 Å². The molecule has 16 heavy (non-hydrogen) atoms. The Morgan fingerprint density at radius 2 is 1.94 bits per heavy atom. The fraction of sp³-hybridized carbons (Fsp3) is 1.00. The van der Waals surface area contributed by atoms with Crippen LogP contribution in [0.5, 0.6) is 0 Å². The van der Waals surface area contributed by atoms with E-state index in [1.807, 2.05) is 0 Å². The summed E-state index contributed by atoms with van der Waals surface area (Å²) in [5.74, 6) is -0.180. The van der Waals surface area contributed by atoms with Crippen molar-refractivity contribution in [2.75, 3.05) is 25.8 Å². The van der Waals surface area contributed by atoms with Gasteiger partial charge in [0.2, 0.25) is 10.0 Å². The average molecular weight is 271 g/mol. The molecule has 0 aliphatic carbocycles. The highest BCUT2D eigenvalue weighted by molar-refractivity contribution is 7.89. The van der Waals surface area contributed by atoms with Crippen LogP contribution in [0.4, 0.5) is 4.39 Å². The van der Waals surface area contributed by atoms with Crippen LogP contribution >= 0.6 is 0 Å². The van der Waals surface area contributed by atoms with E-state index in [0.29, 0.717) is 6.61 Å². The number of hydrogen-bond donors (Lipinski definition) is 1. The molecule has 0 aliphatic rings. The summed E-state index contributed by atoms with van der Waals surface area (Å²) < 4.78 is 41.6. The fourth-order valence-corrected chi connectivity index (χ4v) is 2.55. The van der Waals surface area contributed by atoms with Crippen LogP contribution < -0.4 is 4.72 Å². The van der Waals surface area contributed by atoms with E-state index in [1.54, 1.807) is 0 Å². The first-order valence-corrected chi connectivity index (χ1v) is 10.7. The van der Waals surface area contributed by atoms with E-state index >= 15 is 0 Å². The van der Waals surface area contributed by atoms with E-state index in [9.17, 15) is 12.8 Å². The van der Waals surface area contributed by atoms with Gasteiger partial charge in [0.05, 0.1) is 12.4 Å². The topological polar surface area (TPSA) is 55.4 Å². The predicted molar refractivity (Wildman–Crippen MR) is 66.5 cm³/mol. The normalized spacial score (nSPS) is 13.0. The van der Waals surface area contributed by atoms with Gasteiger partial charge in [-0.3, -0.25) is 4.39 Å². The van der Waals surface area contributed by atoms with Crippen molar-refractivity contribution in [3.8, 4) is 0 Å². The Morgan fingerprint density at radius 1 is 1.31 bits per heavy atom. The number of hydrogen-bond acceptors (Lipinski definition) is 3. The van der Waals surface area contributed by atoms with Gasteiger partial charge < -0.3 is 4.74 Å². The highest BCUT2D eigenvalue weighted by Crippen LogP contribution is 2.07. The standard InChI is InChI=1S/C9H22FNO3SSi/c1-16(2,3)8-6-14-9-11-15(12,13)7-4-5-10/h11H,4-9H2,1-3H3. The minimum Gasteiger partial charge on any atom is -0.366 e. The van der Waals surface area contributed by atoms with Crippen molar-refractivity contribution in [1.29, 1.82) is 0 Å². The Kier molecular flexibility index (Phi) is 7.37. The summed E-state index contributed by atoms with van der Waals surface area (Å²) in [6.45, 7) is 6.61. The minimum absolute atomic E-state index is 0.0148. The number of ether oxygens (including phenoxy) is 1. The van der Waals surface area contributed by atoms with Crippen LogP contribution in [0.25, 0.3) is 0 Å². The molecule has 0 unspecified atom stereocenters. The van der Waals surface area contributed by atoms with E-state index in [4.69, 9.17) is 4.74 Å². The van der Waals surface area contributed by atoms with E-state index < -0.39 is 24.8 Å². The summed E-state index contributed by atoms with van der Waals surface area (Å²) in [6, 6.07) is 0.999. The molecule has 0 amide bonds. The van der Waals surface area contributed by atoms with E-state index in [2.05, 4.69) is 24.4 Å². The molecule has 0 bridgehead atoms. The molecule has 0 rings (SSSR count). The molecule has 0 aromatic carbocycles. The average Bonchev–Trinajstić information content (AvgIpc) is 2.12. The molecule has 0 aromatic heterocycles. The second-order valence-corrected chi connectivity index (χ2v) is 12.4. The van der Waals surface area contributed by atoms with Gasteiger partial charge in [-0.15, -0.1) is 0 Å². The molecular formula is C9H22FNO3SSi. The van der Waals surface area contributed by atoms with E-state index in [0.717, 1.165) is 6.04 Å². The van der Waals surface area contributed by atoms with Crippen molar-refractivity contribution in [3.05, 3.63) is 0 Å². The Balaban J connectivity index is 3.58. The second kappa shape index (κ2) is 7.36. The quantitative estimate of drug-likeness (QED) is 0.393. The van der Waals surface area contributed by atoms with Crippen LogP contribution in [-0.2, 0) is 14.8 Å². The first-order chi connectivity index (χ1) is 7.27. The van der Waals surface area contributed by atoms with Crippen molar-refractivity contribution in [2.45, 2.75) is 32.1 Å². The minimum atomic E-state index is -3.36. The first-order valence-electron chi connectivity index (χ1n) is 5.38. The van der Waals surface area contributed by atoms with E-state index in [-0.39, 0.29) is 18.9 Å². The van der Waals surface area contributed by atoms with Gasteiger partial charge in [0.25, 0.3) is 0 Å². The molecule has 0 saturated carbocycles. The van der Waals surface area contributed by atoms with Gasteiger partial charge in [0.15, 0.2) is 0 Å². The smallest absolute Gasteiger partial charge is 0.213 e. The summed E-state index contributed by atoms with van der Waals surface area (Å²) in [5, 5.41) is 0. The van der Waals surface area contributed by atoms with Crippen LogP contribution in [-0.4, -0.2) is 42.3 Å². The van der Waals surface area contributed by atoms with Crippen LogP contribution in [0, 0.1) is 0 Å². The predicted octanol–water partition coefficient (Wildman–Crippen LogP) is 1.58. The van der Waals surface area contributed by atoms with E-state index in [1.165, 1.54) is 0 Å². The number of alkyl halides is 1. The highest BCUT2D eigenvalue weighted by Gasteiger charge is 2.13. The third-order valence-corrected chi connectivity index (χ3v) is 5.01. The van der Waals surface area contributed by atoms with Crippen molar-refractivity contribution in [2.24, 2.45) is 0 Å². The molecule has 98 valence electrons.